The zero-order valence-corrected chi connectivity index (χ0v) is 11.6. The van der Waals surface area contributed by atoms with Gasteiger partial charge < -0.3 is 15.7 Å². The first-order valence-corrected chi connectivity index (χ1v) is 6.35. The normalized spacial score (nSPS) is 11.2. The summed E-state index contributed by atoms with van der Waals surface area (Å²) >= 11 is 5.83. The molecule has 0 heterocycles. The van der Waals surface area contributed by atoms with Crippen LogP contribution in [0.25, 0.3) is 0 Å². The topological polar surface area (TPSA) is 102 Å². The van der Waals surface area contributed by atoms with Crippen LogP contribution < -0.4 is 10.6 Å². The summed E-state index contributed by atoms with van der Waals surface area (Å²) in [6.07, 6.45) is 0.983. The minimum atomic E-state index is -1.08. The molecule has 0 radical (unpaired) electrons. The number of carbonyl (C=O) groups excluding carboxylic acids is 1. The summed E-state index contributed by atoms with van der Waals surface area (Å²) in [7, 11) is 0. The highest BCUT2D eigenvalue weighted by molar-refractivity contribution is 6.32. The second-order valence-electron chi connectivity index (χ2n) is 4.08. The first kappa shape index (κ1) is 15.8. The van der Waals surface area contributed by atoms with E-state index in [0.29, 0.717) is 24.1 Å². The second-order valence-corrected chi connectivity index (χ2v) is 4.49. The number of rotatable bonds is 5. The van der Waals surface area contributed by atoms with Gasteiger partial charge in [0.15, 0.2) is 0 Å². The Morgan fingerprint density at radius 2 is 2.20 bits per heavy atom. The average molecular weight is 296 g/mol. The van der Waals surface area contributed by atoms with Gasteiger partial charge in [0.1, 0.15) is 12.1 Å². The Balaban J connectivity index is 2.69. The maximum Gasteiger partial charge on any atom is 0.326 e. The fourth-order valence-corrected chi connectivity index (χ4v) is 1.78. The Kier molecular flexibility index (Phi) is 5.81. The zero-order chi connectivity index (χ0) is 15.1. The van der Waals surface area contributed by atoms with Gasteiger partial charge in [-0.2, -0.15) is 5.26 Å². The number of carboxylic acids is 1. The molecule has 6 nitrogen and oxygen atoms in total. The van der Waals surface area contributed by atoms with Crippen LogP contribution in [-0.4, -0.2) is 23.1 Å². The van der Waals surface area contributed by atoms with Gasteiger partial charge in [0.05, 0.1) is 10.6 Å². The van der Waals surface area contributed by atoms with Crippen molar-refractivity contribution in [3.63, 3.8) is 0 Å². The monoisotopic (exact) mass is 295 g/mol. The third kappa shape index (κ3) is 4.44. The molecule has 1 rings (SSSR count). The first-order chi connectivity index (χ1) is 9.47. The van der Waals surface area contributed by atoms with Gasteiger partial charge in [-0.05, 0) is 24.6 Å². The van der Waals surface area contributed by atoms with E-state index in [9.17, 15) is 9.59 Å². The van der Waals surface area contributed by atoms with Crippen LogP contribution in [0.5, 0.6) is 0 Å². The van der Waals surface area contributed by atoms with E-state index in [4.69, 9.17) is 22.0 Å². The lowest BCUT2D eigenvalue weighted by molar-refractivity contribution is -0.139. The highest BCUT2D eigenvalue weighted by Gasteiger charge is 2.18. The highest BCUT2D eigenvalue weighted by atomic mass is 35.5. The maximum absolute atomic E-state index is 11.7. The number of anilines is 1. The molecule has 0 bridgehead atoms. The molecule has 0 aliphatic heterocycles. The van der Waals surface area contributed by atoms with E-state index in [0.717, 1.165) is 0 Å². The van der Waals surface area contributed by atoms with Gasteiger partial charge in [-0.15, -0.1) is 0 Å². The Bertz CT molecular complexity index is 554. The van der Waals surface area contributed by atoms with E-state index in [1.165, 1.54) is 18.2 Å². The van der Waals surface area contributed by atoms with Gasteiger partial charge in [-0.25, -0.2) is 9.59 Å². The molecule has 7 heteroatoms. The second kappa shape index (κ2) is 7.36. The van der Waals surface area contributed by atoms with Crippen LogP contribution in [0.2, 0.25) is 5.02 Å². The van der Waals surface area contributed by atoms with Crippen LogP contribution in [0.1, 0.15) is 25.3 Å². The Morgan fingerprint density at radius 3 is 2.70 bits per heavy atom. The quantitative estimate of drug-likeness (QED) is 0.777. The van der Waals surface area contributed by atoms with E-state index in [1.807, 2.05) is 13.0 Å². The van der Waals surface area contributed by atoms with Crippen molar-refractivity contribution in [2.45, 2.75) is 25.8 Å². The van der Waals surface area contributed by atoms with Gasteiger partial charge in [0.25, 0.3) is 0 Å². The number of nitriles is 1. The van der Waals surface area contributed by atoms with E-state index in [1.54, 1.807) is 0 Å². The fourth-order valence-electron chi connectivity index (χ4n) is 1.56. The number of halogens is 1. The number of carboxylic acid groups (broad SMARTS) is 1. The summed E-state index contributed by atoms with van der Waals surface area (Å²) in [4.78, 5) is 22.6. The number of hydrogen-bond donors (Lipinski definition) is 3. The van der Waals surface area contributed by atoms with Crippen LogP contribution in [0.3, 0.4) is 0 Å². The summed E-state index contributed by atoms with van der Waals surface area (Å²) in [5.41, 5.74) is 0.680. The van der Waals surface area contributed by atoms with Crippen LogP contribution >= 0.6 is 11.6 Å². The zero-order valence-electron chi connectivity index (χ0n) is 10.8. The van der Waals surface area contributed by atoms with E-state index in [2.05, 4.69) is 10.6 Å². The lowest BCUT2D eigenvalue weighted by atomic mass is 10.2. The number of amides is 2. The molecular formula is C13H14ClN3O3. The lowest BCUT2D eigenvalue weighted by Gasteiger charge is -2.14. The molecule has 2 amide bonds. The van der Waals surface area contributed by atoms with Crippen molar-refractivity contribution in [2.24, 2.45) is 0 Å². The number of nitrogens with one attached hydrogen (secondary N) is 2. The molecule has 106 valence electrons. The average Bonchev–Trinajstić information content (AvgIpc) is 2.38. The van der Waals surface area contributed by atoms with Gasteiger partial charge in [0, 0.05) is 5.69 Å². The molecular weight excluding hydrogens is 282 g/mol. The number of urea groups is 1. The summed E-state index contributed by atoms with van der Waals surface area (Å²) in [6.45, 7) is 1.83. The molecule has 0 saturated carbocycles. The molecule has 0 spiro atoms. The van der Waals surface area contributed by atoms with Gasteiger partial charge in [-0.3, -0.25) is 0 Å². The smallest absolute Gasteiger partial charge is 0.326 e. The molecule has 0 aliphatic carbocycles. The van der Waals surface area contributed by atoms with Gasteiger partial charge in [-0.1, -0.05) is 24.9 Å². The molecule has 0 fully saturated rings. The predicted octanol–water partition coefficient (Wildman–Crippen LogP) is 2.59. The van der Waals surface area contributed by atoms with Crippen LogP contribution in [0, 0.1) is 11.3 Å². The largest absolute Gasteiger partial charge is 0.480 e. The third-order valence-electron chi connectivity index (χ3n) is 2.53. The van der Waals surface area contributed by atoms with Crippen LogP contribution in [0.4, 0.5) is 10.5 Å². The van der Waals surface area contributed by atoms with Gasteiger partial charge >= 0.3 is 12.0 Å². The Labute approximate surface area is 121 Å². The minimum Gasteiger partial charge on any atom is -0.480 e. The highest BCUT2D eigenvalue weighted by Crippen LogP contribution is 2.20. The molecule has 1 atom stereocenters. The van der Waals surface area contributed by atoms with Gasteiger partial charge in [0.2, 0.25) is 0 Å². The Hall–Kier alpha value is -2.26. The van der Waals surface area contributed by atoms with Crippen molar-refractivity contribution < 1.29 is 14.7 Å². The number of carbonyl (C=O) groups is 2. The number of nitrogens with zero attached hydrogens (tertiary/aromatic N) is 1. The molecule has 0 aromatic heterocycles. The SMILES string of the molecule is CCC[C@H](NC(=O)Nc1ccc(C#N)c(Cl)c1)C(=O)O. The van der Waals surface area contributed by atoms with Crippen LogP contribution in [-0.2, 0) is 4.79 Å². The standard InChI is InChI=1S/C13H14ClN3O3/c1-2-3-11(12(18)19)17-13(20)16-9-5-4-8(7-15)10(14)6-9/h4-6,11H,2-3H2,1H3,(H,18,19)(H2,16,17,20)/t11-/m0/s1. The van der Waals surface area contributed by atoms with E-state index in [-0.39, 0.29) is 5.02 Å². The summed E-state index contributed by atoms with van der Waals surface area (Å²) in [6, 6.07) is 4.74. The first-order valence-electron chi connectivity index (χ1n) is 5.98. The fraction of sp³-hybridized carbons (Fsp3) is 0.308. The van der Waals surface area contributed by atoms with Crippen molar-refractivity contribution in [2.75, 3.05) is 5.32 Å². The van der Waals surface area contributed by atoms with Crippen molar-refractivity contribution >= 4 is 29.3 Å². The summed E-state index contributed by atoms with van der Waals surface area (Å²) in [5, 5.41) is 22.7. The van der Waals surface area contributed by atoms with Crippen molar-refractivity contribution in [1.29, 1.82) is 5.26 Å². The third-order valence-corrected chi connectivity index (χ3v) is 2.84. The van der Waals surface area contributed by atoms with E-state index >= 15 is 0 Å². The van der Waals surface area contributed by atoms with Crippen molar-refractivity contribution in [3.05, 3.63) is 28.8 Å². The molecule has 20 heavy (non-hydrogen) atoms. The van der Waals surface area contributed by atoms with Crippen molar-refractivity contribution in [1.82, 2.24) is 5.32 Å². The number of benzene rings is 1. The molecule has 0 unspecified atom stereocenters. The predicted molar refractivity (Wildman–Crippen MR) is 74.7 cm³/mol. The molecule has 0 aliphatic rings. The van der Waals surface area contributed by atoms with E-state index < -0.39 is 18.0 Å². The maximum atomic E-state index is 11.7. The van der Waals surface area contributed by atoms with Crippen LogP contribution in [0.15, 0.2) is 18.2 Å². The summed E-state index contributed by atoms with van der Waals surface area (Å²) < 4.78 is 0. The minimum absolute atomic E-state index is 0.216. The summed E-state index contributed by atoms with van der Waals surface area (Å²) in [5.74, 6) is -1.08. The molecule has 0 saturated heterocycles. The number of aliphatic carboxylic acids is 1. The molecule has 1 aromatic rings. The number of hydrogen-bond acceptors (Lipinski definition) is 3. The molecule has 3 N–H and O–H groups in total. The Morgan fingerprint density at radius 1 is 1.50 bits per heavy atom. The van der Waals surface area contributed by atoms with Crippen molar-refractivity contribution in [3.8, 4) is 6.07 Å². The molecule has 1 aromatic carbocycles. The lowest BCUT2D eigenvalue weighted by Crippen LogP contribution is -2.42.